The number of hydrogen-bond donors (Lipinski definition) is 2. The van der Waals surface area contributed by atoms with Gasteiger partial charge in [-0.25, -0.2) is 0 Å². The smallest absolute Gasteiger partial charge is 0.251 e. The van der Waals surface area contributed by atoms with Crippen LogP contribution in [0.2, 0.25) is 0 Å². The highest BCUT2D eigenvalue weighted by molar-refractivity contribution is 9.08. The number of carbonyl (C=O) groups is 1. The van der Waals surface area contributed by atoms with Crippen LogP contribution in [0.4, 0.5) is 0 Å². The summed E-state index contributed by atoms with van der Waals surface area (Å²) in [4.78, 5) is 11.9. The first-order chi connectivity index (χ1) is 8.63. The van der Waals surface area contributed by atoms with Crippen LogP contribution in [-0.2, 0) is 10.1 Å². The minimum absolute atomic E-state index is 0.170. The zero-order chi connectivity index (χ0) is 13.0. The third kappa shape index (κ3) is 3.31. The average Bonchev–Trinajstić information content (AvgIpc) is 2.83. The van der Waals surface area contributed by atoms with Gasteiger partial charge < -0.3 is 15.2 Å². The maximum atomic E-state index is 11.9. The summed E-state index contributed by atoms with van der Waals surface area (Å²) in [7, 11) is 0. The van der Waals surface area contributed by atoms with Crippen LogP contribution in [0.5, 0.6) is 0 Å². The molecule has 2 rings (SSSR count). The molecule has 1 atom stereocenters. The van der Waals surface area contributed by atoms with E-state index in [-0.39, 0.29) is 19.1 Å². The van der Waals surface area contributed by atoms with Gasteiger partial charge >= 0.3 is 0 Å². The van der Waals surface area contributed by atoms with Gasteiger partial charge in [0.2, 0.25) is 0 Å². The maximum absolute atomic E-state index is 11.9. The summed E-state index contributed by atoms with van der Waals surface area (Å²) in [5, 5.41) is 13.5. The summed E-state index contributed by atoms with van der Waals surface area (Å²) in [5.41, 5.74) is 0.808. The van der Waals surface area contributed by atoms with Crippen molar-refractivity contribution >= 4 is 21.8 Å². The third-order valence-electron chi connectivity index (χ3n) is 3.03. The Hall–Kier alpha value is -0.910. The Morgan fingerprint density at radius 2 is 2.17 bits per heavy atom. The van der Waals surface area contributed by atoms with Crippen molar-refractivity contribution in [3.8, 4) is 0 Å². The van der Waals surface area contributed by atoms with Crippen LogP contribution in [0.1, 0.15) is 22.3 Å². The molecule has 1 aromatic rings. The lowest BCUT2D eigenvalue weighted by Crippen LogP contribution is -2.43. The van der Waals surface area contributed by atoms with E-state index in [0.29, 0.717) is 18.6 Å². The van der Waals surface area contributed by atoms with Gasteiger partial charge in [-0.2, -0.15) is 0 Å². The van der Waals surface area contributed by atoms with Gasteiger partial charge in [0.1, 0.15) is 5.60 Å². The van der Waals surface area contributed by atoms with Crippen molar-refractivity contribution < 1.29 is 14.6 Å². The van der Waals surface area contributed by atoms with E-state index in [9.17, 15) is 9.90 Å². The summed E-state index contributed by atoms with van der Waals surface area (Å²) in [6.45, 7) is 1.06. The fraction of sp³-hybridized carbons (Fsp3) is 0.462. The molecule has 0 radical (unpaired) electrons. The molecule has 1 fully saturated rings. The molecule has 18 heavy (non-hydrogen) atoms. The molecule has 0 bridgehead atoms. The summed E-state index contributed by atoms with van der Waals surface area (Å²) in [5.74, 6) is -0.170. The third-order valence-corrected chi connectivity index (χ3v) is 3.68. The molecule has 0 aliphatic carbocycles. The SMILES string of the molecule is O=C(NCC1(O)CCOC1)c1ccc(CBr)cc1. The number of benzene rings is 1. The van der Waals surface area contributed by atoms with Gasteiger partial charge in [-0.15, -0.1) is 0 Å². The van der Waals surface area contributed by atoms with Crippen molar-refractivity contribution in [2.24, 2.45) is 0 Å². The second kappa shape index (κ2) is 5.82. The van der Waals surface area contributed by atoms with Crippen LogP contribution < -0.4 is 5.32 Å². The molecular weight excluding hydrogens is 298 g/mol. The van der Waals surface area contributed by atoms with Crippen LogP contribution in [0.15, 0.2) is 24.3 Å². The van der Waals surface area contributed by atoms with Gasteiger partial charge in [-0.3, -0.25) is 4.79 Å². The Bertz CT molecular complexity index is 413. The Morgan fingerprint density at radius 3 is 2.72 bits per heavy atom. The molecular formula is C13H16BrNO3. The molecule has 98 valence electrons. The number of aliphatic hydroxyl groups is 1. The highest BCUT2D eigenvalue weighted by Crippen LogP contribution is 2.17. The molecule has 1 aliphatic rings. The van der Waals surface area contributed by atoms with Crippen molar-refractivity contribution in [3.05, 3.63) is 35.4 Å². The van der Waals surface area contributed by atoms with E-state index in [1.165, 1.54) is 0 Å². The molecule has 1 aliphatic heterocycles. The van der Waals surface area contributed by atoms with Crippen molar-refractivity contribution in [3.63, 3.8) is 0 Å². The van der Waals surface area contributed by atoms with Gasteiger partial charge in [0, 0.05) is 30.5 Å². The monoisotopic (exact) mass is 313 g/mol. The second-order valence-electron chi connectivity index (χ2n) is 4.54. The molecule has 5 heteroatoms. The van der Waals surface area contributed by atoms with Gasteiger partial charge in [-0.05, 0) is 17.7 Å². The summed E-state index contributed by atoms with van der Waals surface area (Å²) in [6.07, 6.45) is 0.565. The van der Waals surface area contributed by atoms with E-state index in [0.717, 1.165) is 10.9 Å². The number of halogens is 1. The molecule has 0 saturated carbocycles. The fourth-order valence-electron chi connectivity index (χ4n) is 1.83. The molecule has 1 saturated heterocycles. The first-order valence-corrected chi connectivity index (χ1v) is 6.98. The van der Waals surface area contributed by atoms with Gasteiger partial charge in [-0.1, -0.05) is 28.1 Å². The maximum Gasteiger partial charge on any atom is 0.251 e. The second-order valence-corrected chi connectivity index (χ2v) is 5.10. The molecule has 1 aromatic carbocycles. The Balaban J connectivity index is 1.90. The van der Waals surface area contributed by atoms with E-state index >= 15 is 0 Å². The Kier molecular flexibility index (Phi) is 4.37. The first kappa shape index (κ1) is 13.5. The molecule has 0 aromatic heterocycles. The minimum atomic E-state index is -0.911. The quantitative estimate of drug-likeness (QED) is 0.827. The molecule has 1 unspecified atom stereocenters. The zero-order valence-corrected chi connectivity index (χ0v) is 11.6. The number of ether oxygens (including phenoxy) is 1. The summed E-state index contributed by atoms with van der Waals surface area (Å²) < 4.78 is 5.12. The molecule has 2 N–H and O–H groups in total. The van der Waals surface area contributed by atoms with Crippen LogP contribution in [0, 0.1) is 0 Å². The minimum Gasteiger partial charge on any atom is -0.386 e. The van der Waals surface area contributed by atoms with Crippen molar-refractivity contribution in [1.29, 1.82) is 0 Å². The van der Waals surface area contributed by atoms with Crippen molar-refractivity contribution in [2.45, 2.75) is 17.4 Å². The summed E-state index contributed by atoms with van der Waals surface area (Å²) >= 11 is 3.35. The lowest BCUT2D eigenvalue weighted by atomic mass is 10.0. The van der Waals surface area contributed by atoms with Crippen LogP contribution >= 0.6 is 15.9 Å². The lowest BCUT2D eigenvalue weighted by molar-refractivity contribution is 0.0264. The molecule has 1 amide bonds. The first-order valence-electron chi connectivity index (χ1n) is 5.86. The normalized spacial score (nSPS) is 23.0. The highest BCUT2D eigenvalue weighted by atomic mass is 79.9. The molecule has 0 spiro atoms. The van der Waals surface area contributed by atoms with E-state index in [1.807, 2.05) is 12.1 Å². The summed E-state index contributed by atoms with van der Waals surface area (Å²) in [6, 6.07) is 7.36. The number of alkyl halides is 1. The number of rotatable bonds is 4. The van der Waals surface area contributed by atoms with E-state index in [1.54, 1.807) is 12.1 Å². The van der Waals surface area contributed by atoms with E-state index in [4.69, 9.17) is 4.74 Å². The van der Waals surface area contributed by atoms with Crippen molar-refractivity contribution in [2.75, 3.05) is 19.8 Å². The Morgan fingerprint density at radius 1 is 1.44 bits per heavy atom. The topological polar surface area (TPSA) is 58.6 Å². The molecule has 1 heterocycles. The van der Waals surface area contributed by atoms with E-state index in [2.05, 4.69) is 21.2 Å². The number of amides is 1. The zero-order valence-electron chi connectivity index (χ0n) is 9.99. The predicted octanol–water partition coefficient (Wildman–Crippen LogP) is 1.46. The fourth-order valence-corrected chi connectivity index (χ4v) is 2.20. The Labute approximate surface area is 114 Å². The van der Waals surface area contributed by atoms with Gasteiger partial charge in [0.05, 0.1) is 6.61 Å². The number of nitrogens with one attached hydrogen (secondary N) is 1. The lowest BCUT2D eigenvalue weighted by Gasteiger charge is -2.20. The largest absolute Gasteiger partial charge is 0.386 e. The van der Waals surface area contributed by atoms with Gasteiger partial charge in [0.15, 0.2) is 0 Å². The number of carbonyl (C=O) groups excluding carboxylic acids is 1. The van der Waals surface area contributed by atoms with Crippen LogP contribution in [0.25, 0.3) is 0 Å². The predicted molar refractivity (Wildman–Crippen MR) is 71.8 cm³/mol. The van der Waals surface area contributed by atoms with E-state index < -0.39 is 5.60 Å². The van der Waals surface area contributed by atoms with Crippen LogP contribution in [-0.4, -0.2) is 36.4 Å². The van der Waals surface area contributed by atoms with Crippen molar-refractivity contribution in [1.82, 2.24) is 5.32 Å². The highest BCUT2D eigenvalue weighted by Gasteiger charge is 2.32. The van der Waals surface area contributed by atoms with Crippen LogP contribution in [0.3, 0.4) is 0 Å². The van der Waals surface area contributed by atoms with Gasteiger partial charge in [0.25, 0.3) is 5.91 Å². The average molecular weight is 314 g/mol. The molecule has 4 nitrogen and oxygen atoms in total. The standard InChI is InChI=1S/C13H16BrNO3/c14-7-10-1-3-11(4-2-10)12(16)15-8-13(17)5-6-18-9-13/h1-4,17H,5-9H2,(H,15,16). The number of hydrogen-bond acceptors (Lipinski definition) is 3.